The van der Waals surface area contributed by atoms with Crippen LogP contribution in [0.25, 0.3) is 44.3 Å². The Morgan fingerprint density at radius 2 is 1.01 bits per heavy atom. The fourth-order valence-electron chi connectivity index (χ4n) is 7.67. The molecule has 404 valence electrons. The molecule has 0 aliphatic heterocycles. The number of carboxylic acid groups (broad SMARTS) is 1. The van der Waals surface area contributed by atoms with Gasteiger partial charge >= 0.3 is 18.3 Å². The molecule has 0 bridgehead atoms. The molecule has 4 aromatic heterocycles. The van der Waals surface area contributed by atoms with E-state index in [1.807, 2.05) is 0 Å². The second-order valence-electron chi connectivity index (χ2n) is 16.3. The number of carbonyl (C=O) groups is 2. The number of halogens is 10. The lowest BCUT2D eigenvalue weighted by atomic mass is 9.89. The molecule has 0 radical (unpaired) electrons. The average molecular weight is 1120 g/mol. The highest BCUT2D eigenvalue weighted by molar-refractivity contribution is 6.31. The molecule has 4 heterocycles. The van der Waals surface area contributed by atoms with Gasteiger partial charge < -0.3 is 40.0 Å². The Bertz CT molecular complexity index is 3470. The predicted octanol–water partition coefficient (Wildman–Crippen LogP) is 11.7. The molecule has 0 aliphatic rings. The molecule has 0 fully saturated rings. The van der Waals surface area contributed by atoms with Gasteiger partial charge in [-0.1, -0.05) is 23.2 Å². The molecule has 2 unspecified atom stereocenters. The summed E-state index contributed by atoms with van der Waals surface area (Å²) in [5.41, 5.74) is -1.41. The average Bonchev–Trinajstić information content (AvgIpc) is 3.42. The van der Waals surface area contributed by atoms with Crippen molar-refractivity contribution in [2.75, 3.05) is 35.0 Å². The molecule has 5 N–H and O–H groups in total. The monoisotopic (exact) mass is 1120 g/mol. The zero-order valence-electron chi connectivity index (χ0n) is 40.6. The summed E-state index contributed by atoms with van der Waals surface area (Å²) in [6.45, 7) is -1.11. The summed E-state index contributed by atoms with van der Waals surface area (Å²) in [6.07, 6.45) is -8.70. The van der Waals surface area contributed by atoms with Crippen molar-refractivity contribution in [3.05, 3.63) is 166 Å². The molecule has 0 saturated heterocycles. The number of ketones is 1. The van der Waals surface area contributed by atoms with Crippen molar-refractivity contribution < 1.29 is 79.0 Å². The molecule has 24 heteroatoms. The van der Waals surface area contributed by atoms with Crippen LogP contribution in [0.4, 0.5) is 35.1 Å². The Labute approximate surface area is 442 Å². The number of carbonyl (C=O) groups excluding carboxylic acids is 1. The van der Waals surface area contributed by atoms with Gasteiger partial charge in [-0.05, 0) is 116 Å². The molecule has 2 atom stereocenters. The zero-order valence-corrected chi connectivity index (χ0v) is 42.1. The number of nitrogens with two attached hydrogens (primary N) is 1. The Kier molecular flexibility index (Phi) is 18.3. The summed E-state index contributed by atoms with van der Waals surface area (Å²) in [5.74, 6) is -2.36. The van der Waals surface area contributed by atoms with Crippen molar-refractivity contribution in [1.82, 2.24) is 19.9 Å². The molecule has 77 heavy (non-hydrogen) atoms. The van der Waals surface area contributed by atoms with Gasteiger partial charge in [0.25, 0.3) is 0 Å². The molecule has 0 spiro atoms. The predicted molar refractivity (Wildman–Crippen MR) is 268 cm³/mol. The fourth-order valence-corrected chi connectivity index (χ4v) is 8.03. The van der Waals surface area contributed by atoms with Crippen molar-refractivity contribution in [2.45, 2.75) is 36.4 Å². The first-order valence-corrected chi connectivity index (χ1v) is 23.0. The first-order chi connectivity index (χ1) is 36.4. The summed E-state index contributed by atoms with van der Waals surface area (Å²) in [6, 6.07) is 24.4. The molecule has 14 nitrogen and oxygen atoms in total. The normalized spacial score (nSPS) is 13.0. The van der Waals surface area contributed by atoms with Gasteiger partial charge in [-0.25, -0.2) is 23.5 Å². The van der Waals surface area contributed by atoms with Gasteiger partial charge in [0, 0.05) is 47.3 Å². The van der Waals surface area contributed by atoms with Crippen LogP contribution in [0.5, 0.6) is 23.0 Å². The van der Waals surface area contributed by atoms with Crippen LogP contribution in [0, 0.1) is 11.6 Å². The van der Waals surface area contributed by atoms with E-state index in [4.69, 9.17) is 53.0 Å². The third-order valence-corrected chi connectivity index (χ3v) is 12.3. The summed E-state index contributed by atoms with van der Waals surface area (Å²) < 4.78 is 130. The number of rotatable bonds is 14. The Balaban J connectivity index is 0.000000209. The fraction of sp³-hybridized carbons (Fsp3) is 0.208. The standard InChI is InChI=1S/C27H21ClF4N2O4.C15H13ClF4N2O2.C11H9NO3/c1-37-22-9-10-23(34-24(22)15-5-7-19(29)18(28)14-15)26(36,27(30,31)32)12-11-21(35)17-6-8-20-16(25(17)38-2)4-3-13-33-20;1-24-11-4-5-12(14(23,7-21)15(18,19)20)22-13(11)8-2-3-10(17)9(16)6-8;1-15-10-7-3-2-6-12-9(7)5-4-8(10)11(13)14/h3-10,13-14,36H,11-12H2,1-2H3;2-6,23H,7,21H2,1H3;2-6H,1H3,(H,13,14). The second kappa shape index (κ2) is 24.1. The van der Waals surface area contributed by atoms with E-state index in [9.17, 15) is 54.9 Å². The van der Waals surface area contributed by atoms with Crippen LogP contribution in [-0.2, 0) is 11.2 Å². The van der Waals surface area contributed by atoms with Gasteiger partial charge in [0.05, 0.1) is 66.5 Å². The third kappa shape index (κ3) is 12.4. The van der Waals surface area contributed by atoms with Gasteiger partial charge in [-0.2, -0.15) is 26.3 Å². The molecular formula is C53H43Cl2F8N5O9. The van der Waals surface area contributed by atoms with Crippen LogP contribution in [-0.4, -0.2) is 94.3 Å². The van der Waals surface area contributed by atoms with Crippen molar-refractivity contribution in [3.63, 3.8) is 0 Å². The van der Waals surface area contributed by atoms with Crippen molar-refractivity contribution in [3.8, 4) is 45.5 Å². The largest absolute Gasteiger partial charge is 0.495 e. The molecule has 8 aromatic rings. The number of methoxy groups -OCH3 is 4. The van der Waals surface area contributed by atoms with Crippen LogP contribution < -0.4 is 24.7 Å². The Morgan fingerprint density at radius 1 is 0.584 bits per heavy atom. The SMILES string of the molecule is COc1c(C(=O)O)ccc2ncccc12.COc1ccc(C(O)(CCC(=O)c2ccc3ncccc3c2OC)C(F)(F)F)nc1-c1ccc(F)c(Cl)c1.COc1ccc(C(O)(CN)C(F)(F)F)nc1-c1ccc(F)c(Cl)c1. The number of ether oxygens (including phenoxy) is 4. The first-order valence-electron chi connectivity index (χ1n) is 22.3. The van der Waals surface area contributed by atoms with Gasteiger partial charge in [0.1, 0.15) is 51.6 Å². The molecule has 0 saturated carbocycles. The smallest absolute Gasteiger partial charge is 0.424 e. The van der Waals surface area contributed by atoms with Crippen LogP contribution in [0.3, 0.4) is 0 Å². The zero-order chi connectivity index (χ0) is 56.6. The Morgan fingerprint density at radius 3 is 1.40 bits per heavy atom. The molecule has 0 aliphatic carbocycles. The molecule has 8 rings (SSSR count). The van der Waals surface area contributed by atoms with Crippen LogP contribution in [0.2, 0.25) is 10.0 Å². The van der Waals surface area contributed by atoms with E-state index in [1.54, 1.807) is 48.8 Å². The first kappa shape index (κ1) is 58.5. The number of fused-ring (bicyclic) bond motifs is 2. The quantitative estimate of drug-likeness (QED) is 0.0590. The number of aromatic carboxylic acids is 1. The number of alkyl halides is 6. The lowest BCUT2D eigenvalue weighted by molar-refractivity contribution is -0.270. The number of hydrogen-bond donors (Lipinski definition) is 4. The number of Topliss-reactive ketones (excluding diaryl/α,β-unsaturated/α-hetero) is 1. The molecular weight excluding hydrogens is 1070 g/mol. The minimum absolute atomic E-state index is 0.0342. The maximum atomic E-state index is 14.3. The van der Waals surface area contributed by atoms with E-state index >= 15 is 0 Å². The second-order valence-corrected chi connectivity index (χ2v) is 17.1. The highest BCUT2D eigenvalue weighted by Gasteiger charge is 2.57. The number of hydrogen-bond acceptors (Lipinski definition) is 13. The highest BCUT2D eigenvalue weighted by Crippen LogP contribution is 2.45. The molecule has 0 amide bonds. The summed E-state index contributed by atoms with van der Waals surface area (Å²) in [7, 11) is 5.37. The van der Waals surface area contributed by atoms with E-state index in [0.717, 1.165) is 29.8 Å². The van der Waals surface area contributed by atoms with E-state index in [1.165, 1.54) is 77.0 Å². The summed E-state index contributed by atoms with van der Waals surface area (Å²) in [5, 5.41) is 30.5. The third-order valence-electron chi connectivity index (χ3n) is 11.7. The lowest BCUT2D eigenvalue weighted by Gasteiger charge is -2.30. The van der Waals surface area contributed by atoms with Gasteiger partial charge in [-0.15, -0.1) is 0 Å². The minimum Gasteiger partial charge on any atom is -0.495 e. The number of aromatic nitrogens is 4. The van der Waals surface area contributed by atoms with Crippen molar-refractivity contribution in [1.29, 1.82) is 0 Å². The van der Waals surface area contributed by atoms with Gasteiger partial charge in [0.15, 0.2) is 5.78 Å². The number of nitrogens with zero attached hydrogens (tertiary/aromatic N) is 4. The molecule has 4 aromatic carbocycles. The van der Waals surface area contributed by atoms with Gasteiger partial charge in [-0.3, -0.25) is 14.8 Å². The minimum atomic E-state index is -5.19. The maximum absolute atomic E-state index is 14.3. The Hall–Kier alpha value is -7.76. The van der Waals surface area contributed by atoms with Gasteiger partial charge in [0.2, 0.25) is 11.2 Å². The number of benzene rings is 4. The van der Waals surface area contributed by atoms with Crippen LogP contribution in [0.1, 0.15) is 44.9 Å². The highest BCUT2D eigenvalue weighted by atomic mass is 35.5. The van der Waals surface area contributed by atoms with E-state index < -0.39 is 77.7 Å². The number of aliphatic hydroxyl groups is 2. The maximum Gasteiger partial charge on any atom is 0.424 e. The summed E-state index contributed by atoms with van der Waals surface area (Å²) >= 11 is 11.5. The topological polar surface area (TPSA) is 209 Å². The van der Waals surface area contributed by atoms with E-state index in [2.05, 4.69) is 19.9 Å². The lowest BCUT2D eigenvalue weighted by Crippen LogP contribution is -2.48. The van der Waals surface area contributed by atoms with Crippen LogP contribution >= 0.6 is 23.2 Å². The summed E-state index contributed by atoms with van der Waals surface area (Å²) in [4.78, 5) is 40.1. The number of pyridine rings is 4. The van der Waals surface area contributed by atoms with E-state index in [-0.39, 0.29) is 60.9 Å². The van der Waals surface area contributed by atoms with Crippen molar-refractivity contribution in [2.24, 2.45) is 5.73 Å². The van der Waals surface area contributed by atoms with Crippen LogP contribution in [0.15, 0.2) is 122 Å². The number of carboxylic acids is 1. The van der Waals surface area contributed by atoms with Crippen molar-refractivity contribution >= 4 is 56.8 Å². The van der Waals surface area contributed by atoms with E-state index in [0.29, 0.717) is 22.0 Å².